The molecule has 0 unspecified atom stereocenters. The second-order valence-electron chi connectivity index (χ2n) is 4.13. The number of halogens is 1. The Hall–Kier alpha value is -0.770. The molecule has 0 fully saturated rings. The van der Waals surface area contributed by atoms with Crippen LogP contribution in [0.2, 0.25) is 0 Å². The molecule has 2 atom stereocenters. The zero-order valence-electron chi connectivity index (χ0n) is 10.3. The summed E-state index contributed by atoms with van der Waals surface area (Å²) in [6, 6.07) is 6.83. The van der Waals surface area contributed by atoms with Crippen molar-refractivity contribution in [2.75, 3.05) is 13.2 Å². The van der Waals surface area contributed by atoms with E-state index in [9.17, 15) is 0 Å². The molecule has 3 nitrogen and oxygen atoms in total. The molecule has 0 saturated carbocycles. The van der Waals surface area contributed by atoms with Crippen LogP contribution in [0.5, 0.6) is 5.75 Å². The van der Waals surface area contributed by atoms with Crippen molar-refractivity contribution in [1.82, 2.24) is 0 Å². The number of aliphatic hydroxyl groups excluding tert-OH is 1. The highest BCUT2D eigenvalue weighted by Crippen LogP contribution is 2.20. The third-order valence-corrected chi connectivity index (χ3v) is 2.70. The van der Waals surface area contributed by atoms with Crippen LogP contribution in [0.25, 0.3) is 5.73 Å². The molecule has 2 N–H and O–H groups in total. The average molecular weight is 259 g/mol. The third-order valence-electron chi connectivity index (χ3n) is 2.70. The second-order valence-corrected chi connectivity index (χ2v) is 4.13. The Labute approximate surface area is 109 Å². The summed E-state index contributed by atoms with van der Waals surface area (Å²) in [5, 5.41) is 8.85. The Kier molecular flexibility index (Phi) is 7.96. The van der Waals surface area contributed by atoms with Gasteiger partial charge in [-0.2, -0.15) is 0 Å². The van der Waals surface area contributed by atoms with E-state index in [0.717, 1.165) is 24.3 Å². The van der Waals surface area contributed by atoms with Crippen molar-refractivity contribution in [3.8, 4) is 5.75 Å². The first-order chi connectivity index (χ1) is 7.67. The minimum Gasteiger partial charge on any atom is -0.669 e. The van der Waals surface area contributed by atoms with Crippen molar-refractivity contribution in [1.29, 1.82) is 0 Å². The van der Waals surface area contributed by atoms with Crippen LogP contribution in [-0.4, -0.2) is 18.3 Å². The third kappa shape index (κ3) is 5.39. The molecule has 98 valence electrons. The van der Waals surface area contributed by atoms with Gasteiger partial charge in [-0.25, -0.2) is 0 Å². The normalized spacial score (nSPS) is 13.6. The molecule has 0 aliphatic heterocycles. The molecule has 0 heterocycles. The van der Waals surface area contributed by atoms with Crippen LogP contribution in [0.3, 0.4) is 0 Å². The van der Waals surface area contributed by atoms with Crippen LogP contribution < -0.4 is 4.74 Å². The van der Waals surface area contributed by atoms with E-state index in [2.05, 4.69) is 13.8 Å². The van der Waals surface area contributed by atoms with E-state index in [1.165, 1.54) is 0 Å². The van der Waals surface area contributed by atoms with E-state index in [4.69, 9.17) is 15.6 Å². The number of nitrogens with one attached hydrogen (secondary N) is 1. The van der Waals surface area contributed by atoms with Gasteiger partial charge in [-0.15, -0.1) is 12.4 Å². The van der Waals surface area contributed by atoms with Crippen molar-refractivity contribution in [2.24, 2.45) is 5.92 Å². The molecule has 0 saturated heterocycles. The summed E-state index contributed by atoms with van der Waals surface area (Å²) in [7, 11) is 0. The first-order valence-electron chi connectivity index (χ1n) is 5.72. The lowest BCUT2D eigenvalue weighted by Gasteiger charge is -2.18. The van der Waals surface area contributed by atoms with E-state index in [1.807, 2.05) is 24.3 Å². The van der Waals surface area contributed by atoms with Gasteiger partial charge in [0, 0.05) is 6.61 Å². The summed E-state index contributed by atoms with van der Waals surface area (Å²) in [4.78, 5) is 0. The Bertz CT molecular complexity index is 303. The van der Waals surface area contributed by atoms with Gasteiger partial charge in [0.2, 0.25) is 0 Å². The Morgan fingerprint density at radius 2 is 1.88 bits per heavy atom. The Morgan fingerprint density at radius 3 is 2.35 bits per heavy atom. The highest BCUT2D eigenvalue weighted by atomic mass is 35.5. The lowest BCUT2D eigenvalue weighted by molar-refractivity contribution is 0.256. The number of ether oxygens (including phenoxy) is 1. The fourth-order valence-corrected chi connectivity index (χ4v) is 1.26. The first kappa shape index (κ1) is 16.2. The van der Waals surface area contributed by atoms with Gasteiger partial charge in [-0.3, -0.25) is 0 Å². The van der Waals surface area contributed by atoms with Gasteiger partial charge in [-0.05, 0) is 18.1 Å². The molecule has 4 heteroatoms. The maximum atomic E-state index is 8.85. The molecule has 1 aromatic carbocycles. The molecule has 1 aromatic rings. The van der Waals surface area contributed by atoms with Crippen molar-refractivity contribution in [3.05, 3.63) is 35.6 Å². The van der Waals surface area contributed by atoms with E-state index < -0.39 is 6.04 Å². The predicted molar refractivity (Wildman–Crippen MR) is 72.8 cm³/mol. The molecule has 1 rings (SSSR count). The highest BCUT2D eigenvalue weighted by molar-refractivity contribution is 5.85. The van der Waals surface area contributed by atoms with E-state index in [1.54, 1.807) is 0 Å². The molecule has 17 heavy (non-hydrogen) atoms. The van der Waals surface area contributed by atoms with Gasteiger partial charge in [0.05, 0.1) is 6.61 Å². The van der Waals surface area contributed by atoms with Crippen molar-refractivity contribution < 1.29 is 9.84 Å². The van der Waals surface area contributed by atoms with Gasteiger partial charge < -0.3 is 15.6 Å². The molecule has 0 aliphatic carbocycles. The van der Waals surface area contributed by atoms with E-state index in [-0.39, 0.29) is 19.0 Å². The number of rotatable bonds is 6. The van der Waals surface area contributed by atoms with Gasteiger partial charge in [0.15, 0.2) is 0 Å². The molecule has 0 spiro atoms. The van der Waals surface area contributed by atoms with Crippen molar-refractivity contribution >= 4 is 12.4 Å². The number of benzene rings is 1. The minimum absolute atomic E-state index is 0. The zero-order valence-corrected chi connectivity index (χ0v) is 11.2. The highest BCUT2D eigenvalue weighted by Gasteiger charge is 2.01. The summed E-state index contributed by atoms with van der Waals surface area (Å²) in [6.45, 7) is 4.87. The molecule has 0 radical (unpaired) electrons. The summed E-state index contributed by atoms with van der Waals surface area (Å²) in [5.74, 6) is 1.38. The summed E-state index contributed by atoms with van der Waals surface area (Å²) >= 11 is 0. The molecule has 0 aliphatic rings. The van der Waals surface area contributed by atoms with Gasteiger partial charge in [-0.1, -0.05) is 44.0 Å². The van der Waals surface area contributed by atoms with Crippen LogP contribution in [0.4, 0.5) is 0 Å². The number of hydrogen-bond acceptors (Lipinski definition) is 2. The topological polar surface area (TPSA) is 53.3 Å². The van der Waals surface area contributed by atoms with E-state index in [0.29, 0.717) is 5.92 Å². The van der Waals surface area contributed by atoms with Gasteiger partial charge >= 0.3 is 0 Å². The second kappa shape index (κ2) is 8.34. The fraction of sp³-hybridized carbons (Fsp3) is 0.538. The maximum Gasteiger partial charge on any atom is 0.119 e. The minimum atomic E-state index is -0.552. The molecular weight excluding hydrogens is 238 g/mol. The van der Waals surface area contributed by atoms with Gasteiger partial charge in [0.1, 0.15) is 5.75 Å². The summed E-state index contributed by atoms with van der Waals surface area (Å²) in [5.41, 5.74) is 8.36. The van der Waals surface area contributed by atoms with Crippen molar-refractivity contribution in [2.45, 2.75) is 26.3 Å². The largest absolute Gasteiger partial charge is 0.669 e. The van der Waals surface area contributed by atoms with Crippen LogP contribution in [0, 0.1) is 5.92 Å². The SMILES string of the molecule is CC[C@H](C)COc1ccc([C@@H]([NH-])CO)cc1.Cl. The van der Waals surface area contributed by atoms with E-state index >= 15 is 0 Å². The fourth-order valence-electron chi connectivity index (χ4n) is 1.26. The first-order valence-corrected chi connectivity index (χ1v) is 5.72. The number of aliphatic hydroxyl groups is 1. The van der Waals surface area contributed by atoms with Crippen LogP contribution >= 0.6 is 12.4 Å². The Morgan fingerprint density at radius 1 is 1.29 bits per heavy atom. The summed E-state index contributed by atoms with van der Waals surface area (Å²) in [6.07, 6.45) is 1.11. The molecule has 0 aromatic heterocycles. The predicted octanol–water partition coefficient (Wildman–Crippen LogP) is 3.62. The zero-order chi connectivity index (χ0) is 12.0. The van der Waals surface area contributed by atoms with Crippen LogP contribution in [0.15, 0.2) is 24.3 Å². The quantitative estimate of drug-likeness (QED) is 0.847. The lowest BCUT2D eigenvalue weighted by Crippen LogP contribution is -2.07. The molecule has 0 bridgehead atoms. The summed E-state index contributed by atoms with van der Waals surface area (Å²) < 4.78 is 5.60. The molecular formula is C13H21ClNO2-. The standard InChI is InChI=1S/C13H20NO2.ClH/c1-3-10(2)9-16-12-6-4-11(5-7-12)13(14)8-15;/h4-7,10,13-15H,3,8-9H2,1-2H3;1H/q-1;/t10-,13-;/m0./s1. The number of hydrogen-bond donors (Lipinski definition) is 1. The van der Waals surface area contributed by atoms with Gasteiger partial charge in [0.25, 0.3) is 0 Å². The molecule has 0 amide bonds. The van der Waals surface area contributed by atoms with Crippen molar-refractivity contribution in [3.63, 3.8) is 0 Å². The Balaban J connectivity index is 0.00000256. The smallest absolute Gasteiger partial charge is 0.119 e. The maximum absolute atomic E-state index is 8.85. The van der Waals surface area contributed by atoms with Crippen LogP contribution in [-0.2, 0) is 0 Å². The monoisotopic (exact) mass is 258 g/mol. The average Bonchev–Trinajstić information content (AvgIpc) is 2.35. The van der Waals surface area contributed by atoms with Crippen LogP contribution in [0.1, 0.15) is 31.9 Å². The lowest BCUT2D eigenvalue weighted by atomic mass is 10.1.